The van der Waals surface area contributed by atoms with E-state index in [-0.39, 0.29) is 17.9 Å². The number of rotatable bonds is 4. The molecular formula is C23H19Cl2N3O2. The van der Waals surface area contributed by atoms with Crippen LogP contribution >= 0.6 is 23.2 Å². The molecule has 0 bridgehead atoms. The molecule has 3 aromatic rings. The maximum Gasteiger partial charge on any atom is 0.258 e. The Morgan fingerprint density at radius 1 is 1.03 bits per heavy atom. The maximum atomic E-state index is 12.9. The summed E-state index contributed by atoms with van der Waals surface area (Å²) in [5, 5.41) is 3.89. The van der Waals surface area contributed by atoms with Gasteiger partial charge in [0.05, 0.1) is 6.04 Å². The monoisotopic (exact) mass is 439 g/mol. The SMILES string of the molecule is CC(NC(=O)c1ccc(Cl)cc1)c1ccc2c(c1)CCN2C(=O)c1ccnc(Cl)c1. The van der Waals surface area contributed by atoms with Gasteiger partial charge in [-0.3, -0.25) is 9.59 Å². The number of pyridine rings is 1. The molecule has 30 heavy (non-hydrogen) atoms. The van der Waals surface area contributed by atoms with E-state index in [2.05, 4.69) is 16.4 Å². The van der Waals surface area contributed by atoms with Crippen molar-refractivity contribution in [3.63, 3.8) is 0 Å². The quantitative estimate of drug-likeness (QED) is 0.576. The van der Waals surface area contributed by atoms with E-state index in [0.29, 0.717) is 27.8 Å². The van der Waals surface area contributed by atoms with Gasteiger partial charge in [-0.1, -0.05) is 35.3 Å². The summed E-state index contributed by atoms with van der Waals surface area (Å²) in [5.41, 5.74) is 4.01. The predicted octanol–water partition coefficient (Wildman–Crippen LogP) is 5.08. The maximum absolute atomic E-state index is 12.9. The van der Waals surface area contributed by atoms with Gasteiger partial charge in [0, 0.05) is 34.6 Å². The van der Waals surface area contributed by atoms with Gasteiger partial charge in [-0.05, 0) is 66.9 Å². The minimum absolute atomic E-state index is 0.102. The minimum atomic E-state index is -0.178. The third-order valence-electron chi connectivity index (χ3n) is 5.17. The number of halogens is 2. The van der Waals surface area contributed by atoms with Crippen LogP contribution in [0.5, 0.6) is 0 Å². The van der Waals surface area contributed by atoms with Gasteiger partial charge in [-0.15, -0.1) is 0 Å². The van der Waals surface area contributed by atoms with E-state index < -0.39 is 0 Å². The average Bonchev–Trinajstić information content (AvgIpc) is 3.16. The molecule has 152 valence electrons. The molecule has 0 spiro atoms. The zero-order chi connectivity index (χ0) is 21.3. The standard InChI is InChI=1S/C23H19Cl2N3O2/c1-14(27-22(29)15-2-5-19(24)6-3-15)16-4-7-20-17(12-16)9-11-28(20)23(30)18-8-10-26-21(25)13-18/h2-8,10,12-14H,9,11H2,1H3,(H,27,29). The van der Waals surface area contributed by atoms with Crippen molar-refractivity contribution in [2.24, 2.45) is 0 Å². The second kappa shape index (κ2) is 8.46. The summed E-state index contributed by atoms with van der Waals surface area (Å²) in [5.74, 6) is -0.263. The van der Waals surface area contributed by atoms with Crippen molar-refractivity contribution in [1.82, 2.24) is 10.3 Å². The van der Waals surface area contributed by atoms with Crippen molar-refractivity contribution in [2.45, 2.75) is 19.4 Å². The van der Waals surface area contributed by atoms with Crippen LogP contribution in [0.3, 0.4) is 0 Å². The lowest BCUT2D eigenvalue weighted by Crippen LogP contribution is -2.29. The Morgan fingerprint density at radius 2 is 1.80 bits per heavy atom. The first kappa shape index (κ1) is 20.4. The molecule has 4 rings (SSSR count). The number of nitrogens with one attached hydrogen (secondary N) is 1. The lowest BCUT2D eigenvalue weighted by molar-refractivity contribution is 0.0938. The Kier molecular flexibility index (Phi) is 5.75. The fourth-order valence-corrected chi connectivity index (χ4v) is 3.86. The molecular weight excluding hydrogens is 421 g/mol. The van der Waals surface area contributed by atoms with Crippen LogP contribution in [-0.4, -0.2) is 23.3 Å². The van der Waals surface area contributed by atoms with Crippen molar-refractivity contribution >= 4 is 40.7 Å². The number of hydrogen-bond acceptors (Lipinski definition) is 3. The number of amides is 2. The molecule has 0 aliphatic carbocycles. The van der Waals surface area contributed by atoms with E-state index in [9.17, 15) is 9.59 Å². The van der Waals surface area contributed by atoms with Crippen LogP contribution in [0.1, 0.15) is 44.8 Å². The summed E-state index contributed by atoms with van der Waals surface area (Å²) < 4.78 is 0. The van der Waals surface area contributed by atoms with Crippen LogP contribution < -0.4 is 10.2 Å². The van der Waals surface area contributed by atoms with Crippen LogP contribution in [0.4, 0.5) is 5.69 Å². The molecule has 0 radical (unpaired) electrons. The largest absolute Gasteiger partial charge is 0.346 e. The number of carbonyl (C=O) groups is 2. The summed E-state index contributed by atoms with van der Waals surface area (Å²) in [6, 6.07) is 15.8. The summed E-state index contributed by atoms with van der Waals surface area (Å²) in [6.45, 7) is 2.54. The third-order valence-corrected chi connectivity index (χ3v) is 5.63. The first-order valence-corrected chi connectivity index (χ1v) is 10.3. The molecule has 1 aromatic heterocycles. The zero-order valence-electron chi connectivity index (χ0n) is 16.2. The van der Waals surface area contributed by atoms with E-state index >= 15 is 0 Å². The molecule has 0 saturated carbocycles. The van der Waals surface area contributed by atoms with Crippen molar-refractivity contribution in [1.29, 1.82) is 0 Å². The van der Waals surface area contributed by atoms with Crippen LogP contribution in [0, 0.1) is 0 Å². The van der Waals surface area contributed by atoms with Crippen molar-refractivity contribution in [2.75, 3.05) is 11.4 Å². The molecule has 2 amide bonds. The highest BCUT2D eigenvalue weighted by Crippen LogP contribution is 2.32. The summed E-state index contributed by atoms with van der Waals surface area (Å²) in [6.07, 6.45) is 2.28. The van der Waals surface area contributed by atoms with Crippen LogP contribution in [0.2, 0.25) is 10.2 Å². The Bertz CT molecular complexity index is 1120. The Labute approximate surface area is 184 Å². The lowest BCUT2D eigenvalue weighted by Gasteiger charge is -2.19. The summed E-state index contributed by atoms with van der Waals surface area (Å²) >= 11 is 11.8. The number of fused-ring (bicyclic) bond motifs is 1. The fourth-order valence-electron chi connectivity index (χ4n) is 3.56. The Hall–Kier alpha value is -2.89. The fraction of sp³-hybridized carbons (Fsp3) is 0.174. The van der Waals surface area contributed by atoms with Gasteiger partial charge in [-0.25, -0.2) is 4.98 Å². The number of carbonyl (C=O) groups excluding carboxylic acids is 2. The van der Waals surface area contributed by atoms with Gasteiger partial charge < -0.3 is 10.2 Å². The molecule has 1 unspecified atom stereocenters. The van der Waals surface area contributed by atoms with E-state index in [4.69, 9.17) is 23.2 Å². The van der Waals surface area contributed by atoms with Crippen molar-refractivity contribution < 1.29 is 9.59 Å². The number of nitrogens with zero attached hydrogens (tertiary/aromatic N) is 2. The molecule has 0 fully saturated rings. The van der Waals surface area contributed by atoms with Crippen molar-refractivity contribution in [3.05, 3.63) is 93.2 Å². The minimum Gasteiger partial charge on any atom is -0.346 e. The van der Waals surface area contributed by atoms with Gasteiger partial charge in [0.1, 0.15) is 5.15 Å². The molecule has 5 nitrogen and oxygen atoms in total. The van der Waals surface area contributed by atoms with Gasteiger partial charge >= 0.3 is 0 Å². The molecule has 2 aromatic carbocycles. The number of anilines is 1. The second-order valence-electron chi connectivity index (χ2n) is 7.16. The molecule has 1 aliphatic heterocycles. The lowest BCUT2D eigenvalue weighted by atomic mass is 10.0. The van der Waals surface area contributed by atoms with E-state index in [1.54, 1.807) is 41.3 Å². The normalized spacial score (nSPS) is 13.6. The van der Waals surface area contributed by atoms with Gasteiger partial charge in [-0.2, -0.15) is 0 Å². The van der Waals surface area contributed by atoms with Crippen LogP contribution in [-0.2, 0) is 6.42 Å². The number of benzene rings is 2. The second-order valence-corrected chi connectivity index (χ2v) is 7.99. The highest BCUT2D eigenvalue weighted by Gasteiger charge is 2.26. The first-order valence-electron chi connectivity index (χ1n) is 9.55. The predicted molar refractivity (Wildman–Crippen MR) is 118 cm³/mol. The first-order chi connectivity index (χ1) is 14.4. The Balaban J connectivity index is 1.50. The number of hydrogen-bond donors (Lipinski definition) is 1. The highest BCUT2D eigenvalue weighted by molar-refractivity contribution is 6.30. The van der Waals surface area contributed by atoms with Gasteiger partial charge in [0.15, 0.2) is 0 Å². The molecule has 7 heteroatoms. The topological polar surface area (TPSA) is 62.3 Å². The van der Waals surface area contributed by atoms with E-state index in [1.165, 1.54) is 6.20 Å². The molecule has 1 N–H and O–H groups in total. The molecule has 2 heterocycles. The summed E-state index contributed by atoms with van der Waals surface area (Å²) in [4.78, 5) is 31.0. The van der Waals surface area contributed by atoms with Gasteiger partial charge in [0.25, 0.3) is 11.8 Å². The van der Waals surface area contributed by atoms with E-state index in [0.717, 1.165) is 23.2 Å². The molecule has 1 atom stereocenters. The number of aromatic nitrogens is 1. The third kappa shape index (κ3) is 4.18. The van der Waals surface area contributed by atoms with Gasteiger partial charge in [0.2, 0.25) is 0 Å². The highest BCUT2D eigenvalue weighted by atomic mass is 35.5. The zero-order valence-corrected chi connectivity index (χ0v) is 17.7. The van der Waals surface area contributed by atoms with E-state index in [1.807, 2.05) is 19.1 Å². The van der Waals surface area contributed by atoms with Crippen LogP contribution in [0.15, 0.2) is 60.8 Å². The Morgan fingerprint density at radius 3 is 2.53 bits per heavy atom. The molecule has 1 aliphatic rings. The molecule has 0 saturated heterocycles. The van der Waals surface area contributed by atoms with Crippen LogP contribution in [0.25, 0.3) is 0 Å². The van der Waals surface area contributed by atoms with Crippen molar-refractivity contribution in [3.8, 4) is 0 Å². The average molecular weight is 440 g/mol. The smallest absolute Gasteiger partial charge is 0.258 e. The summed E-state index contributed by atoms with van der Waals surface area (Å²) in [7, 11) is 0.